The summed E-state index contributed by atoms with van der Waals surface area (Å²) in [5.74, 6) is -2.45. The summed E-state index contributed by atoms with van der Waals surface area (Å²) in [5, 5.41) is 13.9. The second-order valence-corrected chi connectivity index (χ2v) is 12.5. The fourth-order valence-electron chi connectivity index (χ4n) is 7.25. The highest BCUT2D eigenvalue weighted by Gasteiger charge is 2.76. The van der Waals surface area contributed by atoms with Gasteiger partial charge >= 0.3 is 5.97 Å². The average Bonchev–Trinajstić information content (AvgIpc) is 3.67. The van der Waals surface area contributed by atoms with Crippen LogP contribution in [0.2, 0.25) is 0 Å². The first kappa shape index (κ1) is 31.2. The monoisotopic (exact) mass is 639 g/mol. The van der Waals surface area contributed by atoms with E-state index >= 15 is 0 Å². The van der Waals surface area contributed by atoms with E-state index in [1.54, 1.807) is 20.2 Å². The lowest BCUT2D eigenvalue weighted by molar-refractivity contribution is -0.213. The molecule has 1 aliphatic carbocycles. The number of hydroxylamine groups is 2. The van der Waals surface area contributed by atoms with Crippen LogP contribution in [-0.4, -0.2) is 90.6 Å². The van der Waals surface area contributed by atoms with E-state index in [1.807, 2.05) is 84.9 Å². The van der Waals surface area contributed by atoms with E-state index in [1.165, 1.54) is 16.0 Å². The van der Waals surface area contributed by atoms with E-state index < -0.39 is 53.5 Å². The Kier molecular flexibility index (Phi) is 8.19. The summed E-state index contributed by atoms with van der Waals surface area (Å²) < 4.78 is 19.9. The number of nitrogens with one attached hydrogen (secondary N) is 1. The normalized spacial score (nSPS) is 28.9. The van der Waals surface area contributed by atoms with Gasteiger partial charge in [-0.05, 0) is 17.2 Å². The summed E-state index contributed by atoms with van der Waals surface area (Å²) in [6.07, 6.45) is 0.224. The van der Waals surface area contributed by atoms with Crippen LogP contribution in [0.5, 0.6) is 0 Å². The Morgan fingerprint density at radius 3 is 2.21 bits per heavy atom. The van der Waals surface area contributed by atoms with Gasteiger partial charge in [-0.2, -0.15) is 5.06 Å². The number of likely N-dealkylation sites (N-methyl/N-ethyl adjacent to an activating group) is 1. The van der Waals surface area contributed by atoms with Crippen LogP contribution in [0, 0.1) is 5.41 Å². The molecule has 6 unspecified atom stereocenters. The van der Waals surface area contributed by atoms with Crippen LogP contribution < -0.4 is 5.32 Å². The Morgan fingerprint density at radius 2 is 1.60 bits per heavy atom. The van der Waals surface area contributed by atoms with Crippen LogP contribution in [0.1, 0.15) is 28.7 Å². The third kappa shape index (κ3) is 5.24. The zero-order chi connectivity index (χ0) is 32.8. The topological polar surface area (TPSA) is 127 Å². The van der Waals surface area contributed by atoms with Gasteiger partial charge in [0.1, 0.15) is 29.8 Å². The number of aliphatic hydroxyl groups is 1. The molecule has 11 heteroatoms. The number of hydrogen-bond acceptors (Lipinski definition) is 9. The van der Waals surface area contributed by atoms with Gasteiger partial charge in [-0.25, -0.2) is 0 Å². The quantitative estimate of drug-likeness (QED) is 0.268. The van der Waals surface area contributed by atoms with Gasteiger partial charge in [0.05, 0.1) is 13.2 Å². The number of amides is 2. The number of hydrogen-bond donors (Lipinski definition) is 2. The van der Waals surface area contributed by atoms with Crippen LogP contribution in [0.3, 0.4) is 0 Å². The maximum atomic E-state index is 14.1. The predicted octanol–water partition coefficient (Wildman–Crippen LogP) is 2.38. The summed E-state index contributed by atoms with van der Waals surface area (Å²) >= 11 is 0. The largest absolute Gasteiger partial charge is 0.458 e. The Morgan fingerprint density at radius 1 is 0.957 bits per heavy atom. The maximum Gasteiger partial charge on any atom is 0.327 e. The number of ether oxygens (including phenoxy) is 3. The van der Waals surface area contributed by atoms with E-state index in [0.717, 1.165) is 22.3 Å². The molecule has 3 aliphatic heterocycles. The molecule has 6 atom stereocenters. The maximum absolute atomic E-state index is 14.1. The van der Waals surface area contributed by atoms with Crippen molar-refractivity contribution in [3.8, 4) is 0 Å². The van der Waals surface area contributed by atoms with Gasteiger partial charge in [0.25, 0.3) is 0 Å². The minimum absolute atomic E-state index is 0.0223. The zero-order valence-electron chi connectivity index (χ0n) is 26.2. The van der Waals surface area contributed by atoms with Crippen LogP contribution in [-0.2, 0) is 45.8 Å². The van der Waals surface area contributed by atoms with Crippen molar-refractivity contribution >= 4 is 23.9 Å². The highest BCUT2D eigenvalue weighted by molar-refractivity contribution is 5.93. The number of aliphatic hydroxyl groups excluding tert-OH is 1. The van der Waals surface area contributed by atoms with Crippen LogP contribution in [0.25, 0.3) is 6.08 Å². The van der Waals surface area contributed by atoms with Crippen LogP contribution in [0.15, 0.2) is 91.0 Å². The predicted molar refractivity (Wildman–Crippen MR) is 169 cm³/mol. The van der Waals surface area contributed by atoms with E-state index in [0.29, 0.717) is 0 Å². The van der Waals surface area contributed by atoms with Crippen molar-refractivity contribution < 1.29 is 38.5 Å². The summed E-state index contributed by atoms with van der Waals surface area (Å²) in [6.45, 7) is -0.0564. The fraction of sp³-hybridized carbons (Fsp3) is 0.361. The molecule has 0 radical (unpaired) electrons. The van der Waals surface area contributed by atoms with E-state index in [2.05, 4.69) is 5.32 Å². The van der Waals surface area contributed by atoms with Crippen molar-refractivity contribution in [2.24, 2.45) is 5.41 Å². The molecule has 1 saturated carbocycles. The third-order valence-corrected chi connectivity index (χ3v) is 9.46. The number of esters is 1. The van der Waals surface area contributed by atoms with Crippen molar-refractivity contribution in [1.82, 2.24) is 15.3 Å². The molecule has 2 N–H and O–H groups in total. The SMILES string of the molecule is CN(C)C(=O)C=Cc1ccc(CN2OC3C4OC(c5ccccc5)(c5ccccc5)OC4C4CC3(C(=O)NCCO)C2C(=O)O4)cc1. The van der Waals surface area contributed by atoms with Crippen molar-refractivity contribution in [3.05, 3.63) is 113 Å². The second-order valence-electron chi connectivity index (χ2n) is 12.5. The summed E-state index contributed by atoms with van der Waals surface area (Å²) in [6, 6.07) is 25.6. The van der Waals surface area contributed by atoms with Gasteiger partial charge in [0.2, 0.25) is 17.6 Å². The molecule has 4 aliphatic rings. The molecular formula is C36H37N3O8. The first-order chi connectivity index (χ1) is 22.8. The van der Waals surface area contributed by atoms with Gasteiger partial charge in [0, 0.05) is 44.3 Å². The zero-order valence-corrected chi connectivity index (χ0v) is 26.2. The van der Waals surface area contributed by atoms with Crippen molar-refractivity contribution in [3.63, 3.8) is 0 Å². The van der Waals surface area contributed by atoms with Crippen molar-refractivity contribution in [2.45, 2.75) is 49.2 Å². The molecule has 0 aromatic heterocycles. The first-order valence-corrected chi connectivity index (χ1v) is 15.7. The molecule has 4 fully saturated rings. The van der Waals surface area contributed by atoms with Gasteiger partial charge in [0.15, 0.2) is 6.04 Å². The Hall–Kier alpha value is -4.39. The van der Waals surface area contributed by atoms with Gasteiger partial charge in [-0.15, -0.1) is 0 Å². The lowest BCUT2D eigenvalue weighted by Gasteiger charge is -2.48. The molecule has 11 nitrogen and oxygen atoms in total. The lowest BCUT2D eigenvalue weighted by atomic mass is 9.62. The van der Waals surface area contributed by atoms with Crippen molar-refractivity contribution in [2.75, 3.05) is 27.2 Å². The molecule has 244 valence electrons. The number of benzene rings is 3. The van der Waals surface area contributed by atoms with Gasteiger partial charge in [-0.1, -0.05) is 84.9 Å². The third-order valence-electron chi connectivity index (χ3n) is 9.46. The fourth-order valence-corrected chi connectivity index (χ4v) is 7.25. The number of fused-ring (bicyclic) bond motifs is 4. The summed E-state index contributed by atoms with van der Waals surface area (Å²) in [5.41, 5.74) is 1.81. The smallest absolute Gasteiger partial charge is 0.327 e. The highest BCUT2D eigenvalue weighted by atomic mass is 16.8. The number of carbonyl (C=O) groups excluding carboxylic acids is 3. The molecule has 2 amide bonds. The molecular weight excluding hydrogens is 602 g/mol. The average molecular weight is 640 g/mol. The van der Waals surface area contributed by atoms with Crippen LogP contribution >= 0.6 is 0 Å². The van der Waals surface area contributed by atoms with E-state index in [-0.39, 0.29) is 32.0 Å². The second kappa shape index (κ2) is 12.3. The first-order valence-electron chi connectivity index (χ1n) is 15.7. The molecule has 3 heterocycles. The Bertz CT molecular complexity index is 1620. The number of carbonyl (C=O) groups is 3. The lowest BCUT2D eigenvalue weighted by Crippen LogP contribution is -2.69. The van der Waals surface area contributed by atoms with E-state index in [4.69, 9.17) is 19.0 Å². The number of rotatable bonds is 9. The molecule has 47 heavy (non-hydrogen) atoms. The molecule has 3 aromatic carbocycles. The molecule has 2 bridgehead atoms. The van der Waals surface area contributed by atoms with Gasteiger partial charge in [-0.3, -0.25) is 19.2 Å². The number of nitrogens with zero attached hydrogens (tertiary/aromatic N) is 2. The molecule has 3 saturated heterocycles. The van der Waals surface area contributed by atoms with Crippen molar-refractivity contribution in [1.29, 1.82) is 0 Å². The Balaban J connectivity index is 1.25. The summed E-state index contributed by atoms with van der Waals surface area (Å²) in [4.78, 5) is 48.1. The molecule has 3 aromatic rings. The van der Waals surface area contributed by atoms with Crippen LogP contribution in [0.4, 0.5) is 0 Å². The van der Waals surface area contributed by atoms with Gasteiger partial charge < -0.3 is 29.5 Å². The standard InChI is InChI=1S/C36H37N3O8/c1-38(2)28(41)18-17-23-13-15-24(16-14-23)22-39-31-33(42)44-27-21-35(31,34(43)37-19-20-40)32(47-39)30-29(27)45-36(46-30,25-9-5-3-6-10-25)26-11-7-4-8-12-26/h3-18,27,29-32,40H,19-22H2,1-2H3,(H,37,43). The minimum atomic E-state index is -1.36. The minimum Gasteiger partial charge on any atom is -0.458 e. The Labute approximate surface area is 272 Å². The molecule has 7 rings (SSSR count). The highest BCUT2D eigenvalue weighted by Crippen LogP contribution is 2.59. The van der Waals surface area contributed by atoms with E-state index in [9.17, 15) is 19.5 Å². The molecule has 0 spiro atoms. The summed E-state index contributed by atoms with van der Waals surface area (Å²) in [7, 11) is 3.37.